The number of H-pyrrole nitrogens is 2. The van der Waals surface area contributed by atoms with E-state index in [9.17, 15) is 4.39 Å². The van der Waals surface area contributed by atoms with Gasteiger partial charge in [-0.25, -0.2) is 14.4 Å². The van der Waals surface area contributed by atoms with Crippen molar-refractivity contribution in [3.8, 4) is 22.5 Å². The van der Waals surface area contributed by atoms with Crippen molar-refractivity contribution >= 4 is 22.1 Å². The van der Waals surface area contributed by atoms with E-state index in [1.54, 1.807) is 18.3 Å². The van der Waals surface area contributed by atoms with Crippen LogP contribution in [0, 0.1) is 5.82 Å². The van der Waals surface area contributed by atoms with Gasteiger partial charge in [-0.15, -0.1) is 0 Å². The minimum atomic E-state index is -0.249. The molecule has 154 valence electrons. The summed E-state index contributed by atoms with van der Waals surface area (Å²) in [6.07, 6.45) is 5.88. The molecule has 1 aromatic carbocycles. The van der Waals surface area contributed by atoms with Crippen molar-refractivity contribution in [2.45, 2.75) is 18.8 Å². The zero-order valence-corrected chi connectivity index (χ0v) is 16.8. The van der Waals surface area contributed by atoms with Crippen molar-refractivity contribution in [1.29, 1.82) is 0 Å². The highest BCUT2D eigenvalue weighted by atomic mass is 19.1. The summed E-state index contributed by atoms with van der Waals surface area (Å²) in [6, 6.07) is 12.9. The molecule has 3 N–H and O–H groups in total. The van der Waals surface area contributed by atoms with Crippen LogP contribution in [0.2, 0.25) is 0 Å². The normalized spacial score (nSPS) is 15.1. The first-order valence-electron chi connectivity index (χ1n) is 10.6. The number of pyridine rings is 2. The molecule has 6 rings (SSSR count). The van der Waals surface area contributed by atoms with E-state index < -0.39 is 0 Å². The van der Waals surface area contributed by atoms with Crippen LogP contribution in [0.3, 0.4) is 0 Å². The first-order chi connectivity index (χ1) is 15.3. The lowest BCUT2D eigenvalue weighted by molar-refractivity contribution is 0.460. The number of aromatic nitrogens is 5. The van der Waals surface area contributed by atoms with Gasteiger partial charge in [0.15, 0.2) is 5.65 Å². The zero-order chi connectivity index (χ0) is 20.8. The fraction of sp³-hybridized carbons (Fsp3) is 0.208. The number of benzene rings is 1. The third-order valence-corrected chi connectivity index (χ3v) is 6.21. The minimum absolute atomic E-state index is 0.249. The molecule has 1 fully saturated rings. The summed E-state index contributed by atoms with van der Waals surface area (Å²) in [7, 11) is 0. The number of rotatable bonds is 3. The third-order valence-electron chi connectivity index (χ3n) is 6.21. The quantitative estimate of drug-likeness (QED) is 0.399. The van der Waals surface area contributed by atoms with Crippen molar-refractivity contribution in [3.63, 3.8) is 0 Å². The second kappa shape index (κ2) is 7.28. The van der Waals surface area contributed by atoms with Gasteiger partial charge < -0.3 is 10.3 Å². The van der Waals surface area contributed by atoms with E-state index in [1.807, 2.05) is 24.4 Å². The van der Waals surface area contributed by atoms with Crippen LogP contribution >= 0.6 is 0 Å². The Labute approximate surface area is 177 Å². The Hall–Kier alpha value is -3.58. The van der Waals surface area contributed by atoms with Crippen molar-refractivity contribution < 1.29 is 4.39 Å². The summed E-state index contributed by atoms with van der Waals surface area (Å²) in [5.41, 5.74) is 5.74. The Morgan fingerprint density at radius 2 is 1.81 bits per heavy atom. The number of piperidine rings is 1. The molecule has 0 unspecified atom stereocenters. The number of nitrogens with one attached hydrogen (secondary N) is 3. The lowest BCUT2D eigenvalue weighted by Gasteiger charge is -2.22. The molecule has 0 saturated carbocycles. The van der Waals surface area contributed by atoms with Crippen LogP contribution < -0.4 is 5.32 Å². The van der Waals surface area contributed by atoms with Crippen LogP contribution in [0.5, 0.6) is 0 Å². The molecule has 0 amide bonds. The Kier molecular flexibility index (Phi) is 4.28. The summed E-state index contributed by atoms with van der Waals surface area (Å²) in [5.74, 6) is 0.262. The summed E-state index contributed by atoms with van der Waals surface area (Å²) < 4.78 is 14.5. The van der Waals surface area contributed by atoms with E-state index in [1.165, 1.54) is 11.6 Å². The summed E-state index contributed by atoms with van der Waals surface area (Å²) >= 11 is 0. The standard InChI is InChI=1S/C24H21FN6/c25-20-4-2-1-3-17(20)16-7-10-27-23-18(16)12-21(29-23)22-19-11-15(13-28-24(19)31-30-22)14-5-8-26-9-6-14/h1-4,7,10-14,26H,5-6,8-9H2,(H,27,29)(H,28,30,31). The maximum atomic E-state index is 14.5. The molecule has 7 heteroatoms. The molecular weight excluding hydrogens is 391 g/mol. The Morgan fingerprint density at radius 3 is 2.68 bits per heavy atom. The topological polar surface area (TPSA) is 82.3 Å². The molecule has 0 bridgehead atoms. The second-order valence-corrected chi connectivity index (χ2v) is 8.05. The summed E-state index contributed by atoms with van der Waals surface area (Å²) in [4.78, 5) is 12.4. The van der Waals surface area contributed by atoms with Gasteiger partial charge in [-0.1, -0.05) is 18.2 Å². The van der Waals surface area contributed by atoms with Gasteiger partial charge in [0, 0.05) is 28.7 Å². The minimum Gasteiger partial charge on any atom is -0.338 e. The van der Waals surface area contributed by atoms with E-state index in [2.05, 4.69) is 36.5 Å². The number of halogens is 1. The van der Waals surface area contributed by atoms with E-state index in [4.69, 9.17) is 0 Å². The summed E-state index contributed by atoms with van der Waals surface area (Å²) in [5, 5.41) is 12.8. The largest absolute Gasteiger partial charge is 0.338 e. The van der Waals surface area contributed by atoms with E-state index in [0.29, 0.717) is 22.8 Å². The van der Waals surface area contributed by atoms with Crippen LogP contribution in [0.4, 0.5) is 4.39 Å². The van der Waals surface area contributed by atoms with Crippen LogP contribution in [0.25, 0.3) is 44.6 Å². The molecule has 5 aromatic rings. The number of aromatic amines is 2. The van der Waals surface area contributed by atoms with Crippen molar-refractivity contribution in [1.82, 2.24) is 30.5 Å². The molecule has 4 aromatic heterocycles. The fourth-order valence-electron chi connectivity index (χ4n) is 4.58. The average molecular weight is 412 g/mol. The maximum Gasteiger partial charge on any atom is 0.181 e. The molecule has 1 aliphatic rings. The Morgan fingerprint density at radius 1 is 0.935 bits per heavy atom. The van der Waals surface area contributed by atoms with Gasteiger partial charge in [0.05, 0.1) is 11.4 Å². The summed E-state index contributed by atoms with van der Waals surface area (Å²) in [6.45, 7) is 2.07. The maximum absolute atomic E-state index is 14.5. The molecule has 0 atom stereocenters. The predicted octanol–water partition coefficient (Wildman–Crippen LogP) is 4.77. The van der Waals surface area contributed by atoms with Crippen molar-refractivity contribution in [2.75, 3.05) is 13.1 Å². The molecule has 5 heterocycles. The molecule has 6 nitrogen and oxygen atoms in total. The highest BCUT2D eigenvalue weighted by Crippen LogP contribution is 2.35. The van der Waals surface area contributed by atoms with Gasteiger partial charge in [0.25, 0.3) is 0 Å². The highest BCUT2D eigenvalue weighted by molar-refractivity contribution is 5.99. The Bertz CT molecular complexity index is 1400. The molecule has 0 radical (unpaired) electrons. The SMILES string of the molecule is Fc1ccccc1-c1ccnc2[nH]c(-c3[nH]nc4ncc(C5CCNCC5)cc34)cc12. The second-order valence-electron chi connectivity index (χ2n) is 8.05. The lowest BCUT2D eigenvalue weighted by Crippen LogP contribution is -2.26. The first kappa shape index (κ1) is 18.2. The van der Waals surface area contributed by atoms with Gasteiger partial charge in [0.1, 0.15) is 11.5 Å². The third kappa shape index (κ3) is 3.09. The van der Waals surface area contributed by atoms with Gasteiger partial charge >= 0.3 is 0 Å². The van der Waals surface area contributed by atoms with Crippen LogP contribution in [0.15, 0.2) is 54.9 Å². The lowest BCUT2D eigenvalue weighted by atomic mass is 9.91. The van der Waals surface area contributed by atoms with Gasteiger partial charge in [0.2, 0.25) is 0 Å². The molecule has 31 heavy (non-hydrogen) atoms. The molecular formula is C24H21FN6. The van der Waals surface area contributed by atoms with E-state index in [-0.39, 0.29) is 5.82 Å². The number of hydrogen-bond donors (Lipinski definition) is 3. The van der Waals surface area contributed by atoms with Gasteiger partial charge in [-0.05, 0) is 67.2 Å². The fourth-order valence-corrected chi connectivity index (χ4v) is 4.58. The van der Waals surface area contributed by atoms with Crippen molar-refractivity contribution in [3.05, 3.63) is 66.2 Å². The number of nitrogens with zero attached hydrogens (tertiary/aromatic N) is 3. The van der Waals surface area contributed by atoms with E-state index in [0.717, 1.165) is 53.7 Å². The average Bonchev–Trinajstić information content (AvgIpc) is 3.43. The van der Waals surface area contributed by atoms with Crippen molar-refractivity contribution in [2.24, 2.45) is 0 Å². The molecule has 0 spiro atoms. The van der Waals surface area contributed by atoms with Crippen LogP contribution in [0.1, 0.15) is 24.3 Å². The highest BCUT2D eigenvalue weighted by Gasteiger charge is 2.19. The smallest absolute Gasteiger partial charge is 0.181 e. The molecule has 1 saturated heterocycles. The Balaban J connectivity index is 1.48. The number of fused-ring (bicyclic) bond motifs is 2. The van der Waals surface area contributed by atoms with E-state index >= 15 is 0 Å². The predicted molar refractivity (Wildman–Crippen MR) is 119 cm³/mol. The van der Waals surface area contributed by atoms with Gasteiger partial charge in [-0.3, -0.25) is 5.10 Å². The van der Waals surface area contributed by atoms with Crippen LogP contribution in [-0.2, 0) is 0 Å². The van der Waals surface area contributed by atoms with Crippen LogP contribution in [-0.4, -0.2) is 38.2 Å². The first-order valence-corrected chi connectivity index (χ1v) is 10.6. The molecule has 1 aliphatic heterocycles. The molecule has 0 aliphatic carbocycles. The number of hydrogen-bond acceptors (Lipinski definition) is 4. The zero-order valence-electron chi connectivity index (χ0n) is 16.8. The van der Waals surface area contributed by atoms with Gasteiger partial charge in [-0.2, -0.15) is 5.10 Å². The monoisotopic (exact) mass is 412 g/mol.